The van der Waals surface area contributed by atoms with Crippen molar-refractivity contribution < 1.29 is 0 Å². The lowest BCUT2D eigenvalue weighted by atomic mass is 9.70. The molecule has 0 atom stereocenters. The van der Waals surface area contributed by atoms with Crippen LogP contribution in [0.5, 0.6) is 0 Å². The molecule has 230 valence electrons. The van der Waals surface area contributed by atoms with Crippen molar-refractivity contribution in [1.82, 2.24) is 4.57 Å². The molecular weight excluding hydrogens is 595 g/mol. The van der Waals surface area contributed by atoms with E-state index in [1.807, 2.05) is 24.3 Å². The van der Waals surface area contributed by atoms with Gasteiger partial charge in [0, 0.05) is 28.2 Å². The van der Waals surface area contributed by atoms with Crippen LogP contribution in [0.1, 0.15) is 27.8 Å². The Balaban J connectivity index is 1.26. The first-order valence-corrected chi connectivity index (χ1v) is 16.7. The summed E-state index contributed by atoms with van der Waals surface area (Å²) in [5.41, 5.74) is 19.3. The molecule has 1 spiro atoms. The number of aromatic nitrogens is 1. The average Bonchev–Trinajstić information content (AvgIpc) is 3.76. The number of nitrogens with zero attached hydrogens (tertiary/aromatic N) is 1. The summed E-state index contributed by atoms with van der Waals surface area (Å²) in [6, 6.07) is 49.5. The molecule has 3 N–H and O–H groups in total. The number of allylic oxidation sites excluding steroid dienone is 5. The fourth-order valence-electron chi connectivity index (χ4n) is 8.85. The second kappa shape index (κ2) is 10.3. The van der Waals surface area contributed by atoms with Crippen molar-refractivity contribution in [1.29, 1.82) is 5.41 Å². The molecule has 0 amide bonds. The first kappa shape index (κ1) is 27.6. The minimum atomic E-state index is -0.406. The number of fused-ring (bicyclic) bond motifs is 10. The number of nitrogens with one attached hydrogen (secondary N) is 1. The highest BCUT2D eigenvalue weighted by atomic mass is 15.0. The van der Waals surface area contributed by atoms with Gasteiger partial charge in [-0.05, 0) is 91.3 Å². The molecule has 1 heterocycles. The third kappa shape index (κ3) is 3.59. The first-order chi connectivity index (χ1) is 24.2. The highest BCUT2D eigenvalue weighted by molar-refractivity contribution is 6.18. The van der Waals surface area contributed by atoms with Crippen molar-refractivity contribution in [3.8, 4) is 16.8 Å². The predicted molar refractivity (Wildman–Crippen MR) is 206 cm³/mol. The van der Waals surface area contributed by atoms with Crippen molar-refractivity contribution in [2.75, 3.05) is 0 Å². The van der Waals surface area contributed by atoms with Gasteiger partial charge in [-0.3, -0.25) is 0 Å². The number of para-hydroxylation sites is 1. The van der Waals surface area contributed by atoms with Crippen molar-refractivity contribution in [3.63, 3.8) is 0 Å². The Bertz CT molecular complexity index is 2740. The minimum Gasteiger partial charge on any atom is -0.398 e. The van der Waals surface area contributed by atoms with Crippen molar-refractivity contribution in [2.45, 2.75) is 5.41 Å². The van der Waals surface area contributed by atoms with Gasteiger partial charge >= 0.3 is 0 Å². The van der Waals surface area contributed by atoms with Gasteiger partial charge in [0.15, 0.2) is 0 Å². The molecular formula is C46H31N3. The molecule has 0 saturated heterocycles. The van der Waals surface area contributed by atoms with Gasteiger partial charge < -0.3 is 15.7 Å². The number of hydrogen-bond donors (Lipinski definition) is 2. The standard InChI is InChI=1S/C46H31N3/c47-27-8-2-1-3-20-39(48)31-25-26-41-34(28-31)32-14-5-7-21-40(32)49(41)42-22-11-19-38-45(42)33-15-4-6-16-35(33)46(38)36-17-9-12-29-23-24-30-13-10-18-37(46)44(30)43(29)36/h1-28,47H,48H2/b3-1-,8-2-,39-20-,47-27?. The van der Waals surface area contributed by atoms with Crippen molar-refractivity contribution in [3.05, 3.63) is 192 Å². The molecule has 10 rings (SSSR count). The van der Waals surface area contributed by atoms with E-state index in [-0.39, 0.29) is 0 Å². The summed E-state index contributed by atoms with van der Waals surface area (Å²) in [5, 5.41) is 14.9. The predicted octanol–water partition coefficient (Wildman–Crippen LogP) is 10.8. The highest BCUT2D eigenvalue weighted by Crippen LogP contribution is 2.63. The third-order valence-corrected chi connectivity index (χ3v) is 10.7. The van der Waals surface area contributed by atoms with Gasteiger partial charge in [-0.15, -0.1) is 0 Å². The molecule has 3 heteroatoms. The zero-order valence-corrected chi connectivity index (χ0v) is 26.7. The number of nitrogens with two attached hydrogens (primary N) is 1. The molecule has 0 unspecified atom stereocenters. The molecule has 2 aliphatic rings. The minimum absolute atomic E-state index is 0.406. The molecule has 0 aliphatic heterocycles. The Morgan fingerprint density at radius 3 is 2.02 bits per heavy atom. The van der Waals surface area contributed by atoms with Crippen LogP contribution < -0.4 is 5.73 Å². The largest absolute Gasteiger partial charge is 0.398 e. The van der Waals surface area contributed by atoms with Gasteiger partial charge in [0.1, 0.15) is 0 Å². The summed E-state index contributed by atoms with van der Waals surface area (Å²) < 4.78 is 2.45. The number of hydrogen-bond acceptors (Lipinski definition) is 2. The van der Waals surface area contributed by atoms with Gasteiger partial charge in [-0.2, -0.15) is 0 Å². The Hall–Kier alpha value is -6.45. The SMILES string of the molecule is N=C\C=C/C=C\C=C(/N)c1ccc2c(c1)c1ccccc1n2-c1cccc2c1-c1ccccc1C21c2cccc3ccc4cccc1c4c23. The normalized spacial score (nSPS) is 14.4. The van der Waals surface area contributed by atoms with Gasteiger partial charge in [0.25, 0.3) is 0 Å². The van der Waals surface area contributed by atoms with E-state index in [2.05, 4.69) is 138 Å². The summed E-state index contributed by atoms with van der Waals surface area (Å²) in [5.74, 6) is 0. The average molecular weight is 626 g/mol. The van der Waals surface area contributed by atoms with Crippen LogP contribution in [0.15, 0.2) is 164 Å². The molecule has 3 nitrogen and oxygen atoms in total. The second-order valence-corrected chi connectivity index (χ2v) is 13.0. The molecule has 0 radical (unpaired) electrons. The topological polar surface area (TPSA) is 54.8 Å². The van der Waals surface area contributed by atoms with E-state index in [1.165, 1.54) is 83.1 Å². The number of benzene rings is 7. The van der Waals surface area contributed by atoms with Crippen LogP contribution in [-0.2, 0) is 5.41 Å². The van der Waals surface area contributed by atoms with E-state index >= 15 is 0 Å². The zero-order valence-electron chi connectivity index (χ0n) is 26.7. The third-order valence-electron chi connectivity index (χ3n) is 10.7. The summed E-state index contributed by atoms with van der Waals surface area (Å²) in [4.78, 5) is 0. The van der Waals surface area contributed by atoms with E-state index < -0.39 is 5.41 Å². The molecule has 0 bridgehead atoms. The summed E-state index contributed by atoms with van der Waals surface area (Å²) in [6.45, 7) is 0. The quantitative estimate of drug-likeness (QED) is 0.112. The van der Waals surface area contributed by atoms with Gasteiger partial charge in [0.2, 0.25) is 0 Å². The first-order valence-electron chi connectivity index (χ1n) is 16.7. The molecule has 1 aromatic heterocycles. The summed E-state index contributed by atoms with van der Waals surface area (Å²) >= 11 is 0. The van der Waals surface area contributed by atoms with Crippen molar-refractivity contribution in [2.24, 2.45) is 5.73 Å². The fourth-order valence-corrected chi connectivity index (χ4v) is 8.85. The summed E-state index contributed by atoms with van der Waals surface area (Å²) in [7, 11) is 0. The maximum Gasteiger partial charge on any atom is 0.0726 e. The maximum absolute atomic E-state index is 7.17. The van der Waals surface area contributed by atoms with Gasteiger partial charge in [0.05, 0.1) is 22.1 Å². The van der Waals surface area contributed by atoms with Crippen LogP contribution in [-0.4, -0.2) is 10.8 Å². The number of rotatable bonds is 5. The maximum atomic E-state index is 7.17. The van der Waals surface area contributed by atoms with Crippen LogP contribution >= 0.6 is 0 Å². The molecule has 8 aromatic rings. The van der Waals surface area contributed by atoms with Crippen LogP contribution in [0.2, 0.25) is 0 Å². The molecule has 7 aromatic carbocycles. The van der Waals surface area contributed by atoms with Gasteiger partial charge in [-0.25, -0.2) is 0 Å². The monoisotopic (exact) mass is 625 g/mol. The van der Waals surface area contributed by atoms with Crippen LogP contribution in [0.25, 0.3) is 65.9 Å². The van der Waals surface area contributed by atoms with E-state index in [9.17, 15) is 0 Å². The lowest BCUT2D eigenvalue weighted by molar-refractivity contribution is 0.796. The second-order valence-electron chi connectivity index (χ2n) is 13.0. The van der Waals surface area contributed by atoms with E-state index in [1.54, 1.807) is 6.08 Å². The highest BCUT2D eigenvalue weighted by Gasteiger charge is 2.51. The van der Waals surface area contributed by atoms with Crippen molar-refractivity contribution >= 4 is 55.3 Å². The van der Waals surface area contributed by atoms with Crippen LogP contribution in [0, 0.1) is 5.41 Å². The lowest BCUT2D eigenvalue weighted by Crippen LogP contribution is -2.26. The fraction of sp³-hybridized carbons (Fsp3) is 0.0217. The van der Waals surface area contributed by atoms with Gasteiger partial charge in [-0.1, -0.05) is 127 Å². The van der Waals surface area contributed by atoms with Crippen LogP contribution in [0.4, 0.5) is 0 Å². The van der Waals surface area contributed by atoms with Crippen LogP contribution in [0.3, 0.4) is 0 Å². The Kier molecular flexibility index (Phi) is 5.80. The molecule has 49 heavy (non-hydrogen) atoms. The Morgan fingerprint density at radius 1 is 0.571 bits per heavy atom. The van der Waals surface area contributed by atoms with E-state index in [0.29, 0.717) is 5.70 Å². The molecule has 2 aliphatic carbocycles. The van der Waals surface area contributed by atoms with E-state index in [4.69, 9.17) is 11.1 Å². The Labute approximate surface area is 284 Å². The Morgan fingerprint density at radius 2 is 1.22 bits per heavy atom. The zero-order chi connectivity index (χ0) is 32.7. The molecule has 0 fully saturated rings. The smallest absolute Gasteiger partial charge is 0.0726 e. The van der Waals surface area contributed by atoms with E-state index in [0.717, 1.165) is 11.1 Å². The summed E-state index contributed by atoms with van der Waals surface area (Å²) in [6.07, 6.45) is 10.5. The lowest BCUT2D eigenvalue weighted by Gasteiger charge is -2.31. The molecule has 0 saturated carbocycles.